The van der Waals surface area contributed by atoms with Gasteiger partial charge in [0.25, 0.3) is 0 Å². The van der Waals surface area contributed by atoms with E-state index in [1.54, 1.807) is 6.92 Å². The van der Waals surface area contributed by atoms with Crippen molar-refractivity contribution in [2.24, 2.45) is 33.7 Å². The lowest BCUT2D eigenvalue weighted by Crippen LogP contribution is -2.58. The molecule has 0 radical (unpaired) electrons. The molecule has 1 fully saturated rings. The number of aliphatic hydroxyl groups is 1. The van der Waals surface area contributed by atoms with Crippen LogP contribution in [0.2, 0.25) is 0 Å². The molecule has 0 bridgehead atoms. The van der Waals surface area contributed by atoms with E-state index in [2.05, 4.69) is 46.9 Å². The van der Waals surface area contributed by atoms with Crippen molar-refractivity contribution in [1.29, 1.82) is 0 Å². The summed E-state index contributed by atoms with van der Waals surface area (Å²) in [6.07, 6.45) is 4.77. The smallest absolute Gasteiger partial charge is 0.352 e. The Balaban J connectivity index is 2.23. The van der Waals surface area contributed by atoms with Crippen LogP contribution in [0.1, 0.15) is 76.8 Å². The minimum Gasteiger partial charge on any atom is -0.477 e. The zero-order valence-electron chi connectivity index (χ0n) is 35.6. The molecular weight excluding hydrogens is 827 g/mol. The van der Waals surface area contributed by atoms with E-state index in [0.717, 1.165) is 0 Å². The monoisotopic (exact) mass is 892 g/mol. The molecule has 25 heteroatoms. The highest BCUT2D eigenvalue weighted by molar-refractivity contribution is 5.98. The van der Waals surface area contributed by atoms with E-state index in [4.69, 9.17) is 28.7 Å². The van der Waals surface area contributed by atoms with E-state index >= 15 is 0 Å². The van der Waals surface area contributed by atoms with Gasteiger partial charge >= 0.3 is 5.97 Å². The summed E-state index contributed by atoms with van der Waals surface area (Å²) in [7, 11) is 0. The molecule has 352 valence electrons. The number of nitrogens with one attached hydrogen (secondary N) is 7. The maximum absolute atomic E-state index is 14.0. The number of imidazole rings is 1. The first kappa shape index (κ1) is 53.0. The van der Waals surface area contributed by atoms with E-state index in [-0.39, 0.29) is 77.1 Å². The predicted octanol–water partition coefficient (Wildman–Crippen LogP) is -5.27. The topological polar surface area (TPSA) is 424 Å². The number of carboxylic acids is 1. The molecule has 7 amide bonds. The second-order valence-corrected chi connectivity index (χ2v) is 14.8. The Labute approximate surface area is 364 Å². The van der Waals surface area contributed by atoms with Crippen molar-refractivity contribution < 1.29 is 48.6 Å². The van der Waals surface area contributed by atoms with Crippen LogP contribution in [0.3, 0.4) is 0 Å². The molecule has 19 N–H and O–H groups in total. The molecule has 0 aliphatic carbocycles. The minimum absolute atomic E-state index is 0.0561. The van der Waals surface area contributed by atoms with E-state index in [1.165, 1.54) is 23.5 Å². The third kappa shape index (κ3) is 19.2. The highest BCUT2D eigenvalue weighted by atomic mass is 16.4. The molecule has 6 atom stereocenters. The average Bonchev–Trinajstić information content (AvgIpc) is 3.96. The number of guanidine groups is 1. The fraction of sp³-hybridized carbons (Fsp3) is 0.632. The second-order valence-electron chi connectivity index (χ2n) is 14.8. The van der Waals surface area contributed by atoms with Gasteiger partial charge in [0, 0.05) is 37.9 Å². The molecular formula is C38H65N15O10. The number of carboxylic acid groups (broad SMARTS) is 1. The fourth-order valence-corrected chi connectivity index (χ4v) is 6.46. The molecule has 1 aromatic heterocycles. The number of H-pyrrole nitrogens is 1. The van der Waals surface area contributed by atoms with E-state index < -0.39 is 95.9 Å². The Morgan fingerprint density at radius 1 is 0.905 bits per heavy atom. The van der Waals surface area contributed by atoms with Gasteiger partial charge in [0.15, 0.2) is 5.96 Å². The summed E-state index contributed by atoms with van der Waals surface area (Å²) in [6.45, 7) is 1.62. The van der Waals surface area contributed by atoms with E-state index in [0.29, 0.717) is 37.9 Å². The molecule has 1 saturated heterocycles. The van der Waals surface area contributed by atoms with Crippen molar-refractivity contribution in [1.82, 2.24) is 46.8 Å². The van der Waals surface area contributed by atoms with Gasteiger partial charge in [0.2, 0.25) is 41.4 Å². The SMILES string of the molecule is CC[C@H](NC(=O)C[C@@H](O)CN)C(=O)NCC(=O)N[C@H](CCCN)C(=O)N1CCC[C@H]1C(=O)NC(Cc1cnc[nH]1)C(=O)N[C@@H](CCCCN)C(=O)N/C(=C\CCN=C(N)N)C(=O)O. The molecule has 1 aromatic rings. The third-order valence-electron chi connectivity index (χ3n) is 9.80. The number of unbranched alkanes of at least 4 members (excludes halogenated alkanes) is 1. The number of aromatic amines is 1. The van der Waals surface area contributed by atoms with E-state index in [1.807, 2.05) is 0 Å². The van der Waals surface area contributed by atoms with Gasteiger partial charge in [-0.1, -0.05) is 13.0 Å². The summed E-state index contributed by atoms with van der Waals surface area (Å²) in [5, 5.41) is 34.6. The van der Waals surface area contributed by atoms with Crippen LogP contribution in [-0.2, 0) is 44.8 Å². The molecule has 1 aliphatic heterocycles. The third-order valence-corrected chi connectivity index (χ3v) is 9.80. The molecule has 0 saturated carbocycles. The van der Waals surface area contributed by atoms with Gasteiger partial charge in [0.05, 0.1) is 25.4 Å². The fourth-order valence-electron chi connectivity index (χ4n) is 6.46. The Morgan fingerprint density at radius 3 is 2.22 bits per heavy atom. The highest BCUT2D eigenvalue weighted by Gasteiger charge is 2.39. The van der Waals surface area contributed by atoms with Crippen LogP contribution in [0.25, 0.3) is 0 Å². The van der Waals surface area contributed by atoms with Crippen molar-refractivity contribution in [3.8, 4) is 0 Å². The quantitative estimate of drug-likeness (QED) is 0.0155. The lowest BCUT2D eigenvalue weighted by atomic mass is 10.1. The number of carbonyl (C=O) groups is 8. The number of aliphatic hydroxyl groups excluding tert-OH is 1. The van der Waals surface area contributed by atoms with Crippen molar-refractivity contribution in [2.45, 2.75) is 114 Å². The normalized spacial score (nSPS) is 16.0. The molecule has 2 rings (SSSR count). The molecule has 63 heavy (non-hydrogen) atoms. The Morgan fingerprint density at radius 2 is 1.60 bits per heavy atom. The minimum atomic E-state index is -1.44. The Bertz CT molecular complexity index is 1740. The number of rotatable bonds is 29. The number of hydrogen-bond acceptors (Lipinski definition) is 14. The Hall–Kier alpha value is -6.18. The van der Waals surface area contributed by atoms with Crippen LogP contribution in [0, 0.1) is 0 Å². The number of aliphatic carboxylic acids is 1. The van der Waals surface area contributed by atoms with Gasteiger partial charge in [-0.05, 0) is 70.9 Å². The van der Waals surface area contributed by atoms with Crippen LogP contribution in [0.4, 0.5) is 0 Å². The standard InChI is InChI=1S/C38H65N15O10/c1-2-24(48-30(55)17-23(54)18-41)32(57)46-20-31(56)49-26(9-5-13-40)36(61)53-15-7-11-29(53)35(60)52-28(16-22-19-44-21-47-22)34(59)50-25(8-3-4-12-39)33(58)51-27(37(62)63)10-6-14-45-38(42)43/h10,19,21,23-26,28-29,54H,2-9,11-18,20,39-41H2,1H3,(H,44,47)(H,46,57)(H,48,55)(H,49,56)(H,50,59)(H,51,58)(H,52,60)(H,62,63)(H4,42,43,45)/b27-10-/t23-,24+,25+,26-,28?,29+/m1/s1. The molecule has 25 nitrogen and oxygen atoms in total. The molecule has 0 spiro atoms. The van der Waals surface area contributed by atoms with Gasteiger partial charge in [0.1, 0.15) is 35.9 Å². The van der Waals surface area contributed by atoms with Crippen LogP contribution in [-0.4, -0.2) is 154 Å². The summed E-state index contributed by atoms with van der Waals surface area (Å²) in [5.41, 5.74) is 27.3. The molecule has 0 aromatic carbocycles. The van der Waals surface area contributed by atoms with Gasteiger partial charge in [-0.25, -0.2) is 9.78 Å². The van der Waals surface area contributed by atoms with Gasteiger partial charge in [-0.3, -0.25) is 38.6 Å². The number of carbonyl (C=O) groups excluding carboxylic acids is 7. The number of hydrogen-bond donors (Lipinski definition) is 14. The number of nitrogens with zero attached hydrogens (tertiary/aromatic N) is 3. The maximum Gasteiger partial charge on any atom is 0.352 e. The van der Waals surface area contributed by atoms with Gasteiger partial charge < -0.3 is 80.7 Å². The number of likely N-dealkylation sites (tertiary alicyclic amines) is 1. The molecule has 2 heterocycles. The lowest BCUT2D eigenvalue weighted by molar-refractivity contribution is -0.142. The first-order chi connectivity index (χ1) is 30.0. The van der Waals surface area contributed by atoms with Crippen molar-refractivity contribution in [3.63, 3.8) is 0 Å². The van der Waals surface area contributed by atoms with Crippen molar-refractivity contribution in [2.75, 3.05) is 39.3 Å². The van der Waals surface area contributed by atoms with Gasteiger partial charge in [-0.15, -0.1) is 0 Å². The Kier molecular flexibility index (Phi) is 23.9. The number of aromatic nitrogens is 2. The van der Waals surface area contributed by atoms with Crippen molar-refractivity contribution >= 4 is 53.3 Å². The first-order valence-corrected chi connectivity index (χ1v) is 20.9. The van der Waals surface area contributed by atoms with Gasteiger partial charge in [-0.2, -0.15) is 0 Å². The number of aliphatic imine (C=N–C) groups is 1. The summed E-state index contributed by atoms with van der Waals surface area (Å²) in [4.78, 5) is 117. The van der Waals surface area contributed by atoms with Crippen LogP contribution in [0.5, 0.6) is 0 Å². The highest BCUT2D eigenvalue weighted by Crippen LogP contribution is 2.20. The molecule has 1 aliphatic rings. The van der Waals surface area contributed by atoms with Crippen molar-refractivity contribution in [3.05, 3.63) is 30.0 Å². The largest absolute Gasteiger partial charge is 0.477 e. The number of amides is 7. The predicted molar refractivity (Wildman–Crippen MR) is 228 cm³/mol. The van der Waals surface area contributed by atoms with Crippen LogP contribution in [0.15, 0.2) is 29.3 Å². The summed E-state index contributed by atoms with van der Waals surface area (Å²) in [5.74, 6) is -6.54. The molecule has 1 unspecified atom stereocenters. The number of nitrogens with two attached hydrogens (primary N) is 5. The van der Waals surface area contributed by atoms with Crippen LogP contribution >= 0.6 is 0 Å². The van der Waals surface area contributed by atoms with E-state index in [9.17, 15) is 48.6 Å². The first-order valence-electron chi connectivity index (χ1n) is 20.9. The lowest BCUT2D eigenvalue weighted by Gasteiger charge is -2.30. The summed E-state index contributed by atoms with van der Waals surface area (Å²) in [6, 6.07) is -5.78. The summed E-state index contributed by atoms with van der Waals surface area (Å²) < 4.78 is 0. The zero-order valence-corrected chi connectivity index (χ0v) is 35.6. The average molecular weight is 892 g/mol. The van der Waals surface area contributed by atoms with Crippen LogP contribution < -0.4 is 60.6 Å². The summed E-state index contributed by atoms with van der Waals surface area (Å²) >= 11 is 0. The second kappa shape index (κ2) is 28.4. The zero-order chi connectivity index (χ0) is 46.9. The maximum atomic E-state index is 14.0.